The van der Waals surface area contributed by atoms with Crippen molar-refractivity contribution >= 4 is 46.4 Å². The summed E-state index contributed by atoms with van der Waals surface area (Å²) >= 11 is 18.0. The van der Waals surface area contributed by atoms with Crippen molar-refractivity contribution in [2.75, 3.05) is 31.8 Å². The minimum absolute atomic E-state index is 0.0155. The van der Waals surface area contributed by atoms with E-state index in [2.05, 4.69) is 10.3 Å². The fraction of sp³-hybridized carbons (Fsp3) is 0.423. The third-order valence-electron chi connectivity index (χ3n) is 7.19. The number of carbonyl (C=O) groups is 1. The van der Waals surface area contributed by atoms with E-state index in [-0.39, 0.29) is 40.2 Å². The molecule has 5 rings (SSSR count). The molecule has 3 N–H and O–H groups in total. The Morgan fingerprint density at radius 3 is 2.36 bits per heavy atom. The summed E-state index contributed by atoms with van der Waals surface area (Å²) in [7, 11) is 1.28. The SMILES string of the molecule is CO[C@@H]1[C@@H](n2cc(-c3cc(F)c(Cl)c(F)c3)nn2)[C@@H](O)[C@@H](CO)O[C@H]1C(=O)N(c1cc(Cl)cc(Cl)c1)[C@@H]1COC[C@H]1O. The summed E-state index contributed by atoms with van der Waals surface area (Å²) in [6.07, 6.45) is -5.23. The lowest BCUT2D eigenvalue weighted by molar-refractivity contribution is -0.211. The van der Waals surface area contributed by atoms with Gasteiger partial charge in [-0.2, -0.15) is 0 Å². The van der Waals surface area contributed by atoms with Crippen LogP contribution < -0.4 is 4.90 Å². The van der Waals surface area contributed by atoms with Crippen molar-refractivity contribution in [3.05, 3.63) is 63.2 Å². The van der Waals surface area contributed by atoms with E-state index in [1.807, 2.05) is 0 Å². The van der Waals surface area contributed by atoms with Crippen LogP contribution in [0.15, 0.2) is 36.5 Å². The number of methoxy groups -OCH3 is 1. The fourth-order valence-corrected chi connectivity index (χ4v) is 5.82. The summed E-state index contributed by atoms with van der Waals surface area (Å²) in [4.78, 5) is 15.5. The first-order chi connectivity index (χ1) is 20.0. The third kappa shape index (κ3) is 5.85. The topological polar surface area (TPSA) is 139 Å². The molecule has 0 aliphatic carbocycles. The van der Waals surface area contributed by atoms with E-state index in [0.29, 0.717) is 0 Å². The van der Waals surface area contributed by atoms with E-state index >= 15 is 0 Å². The van der Waals surface area contributed by atoms with Crippen molar-refractivity contribution in [1.29, 1.82) is 0 Å². The Labute approximate surface area is 253 Å². The van der Waals surface area contributed by atoms with Crippen LogP contribution >= 0.6 is 34.8 Å². The van der Waals surface area contributed by atoms with Crippen LogP contribution in [0.2, 0.25) is 15.1 Å². The Kier molecular flexibility index (Phi) is 9.33. The van der Waals surface area contributed by atoms with Crippen LogP contribution in [0, 0.1) is 11.6 Å². The van der Waals surface area contributed by atoms with Crippen LogP contribution in [0.4, 0.5) is 14.5 Å². The van der Waals surface area contributed by atoms with Crippen LogP contribution in [0.3, 0.4) is 0 Å². The summed E-state index contributed by atoms with van der Waals surface area (Å²) in [6, 6.07) is 4.34. The smallest absolute Gasteiger partial charge is 0.259 e. The van der Waals surface area contributed by atoms with Gasteiger partial charge in [0.1, 0.15) is 52.8 Å². The third-order valence-corrected chi connectivity index (χ3v) is 7.99. The molecule has 11 nitrogen and oxygen atoms in total. The highest BCUT2D eigenvalue weighted by molar-refractivity contribution is 6.35. The van der Waals surface area contributed by atoms with E-state index in [1.165, 1.54) is 36.4 Å². The summed E-state index contributed by atoms with van der Waals surface area (Å²) in [6.45, 7) is -0.737. The number of aliphatic hydroxyl groups is 3. The zero-order chi connectivity index (χ0) is 30.3. The molecule has 3 aromatic rings. The maximum Gasteiger partial charge on any atom is 0.259 e. The molecule has 0 unspecified atom stereocenters. The second kappa shape index (κ2) is 12.6. The molecular weight excluding hydrogens is 625 g/mol. The molecule has 16 heteroatoms. The average Bonchev–Trinajstić information content (AvgIpc) is 3.60. The van der Waals surface area contributed by atoms with Gasteiger partial charge in [0.05, 0.1) is 32.1 Å². The number of aromatic nitrogens is 3. The van der Waals surface area contributed by atoms with Crippen molar-refractivity contribution in [3.63, 3.8) is 0 Å². The Morgan fingerprint density at radius 2 is 1.79 bits per heavy atom. The molecule has 226 valence electrons. The van der Waals surface area contributed by atoms with E-state index in [1.54, 1.807) is 0 Å². The molecule has 2 saturated heterocycles. The molecule has 0 spiro atoms. The number of carbonyl (C=O) groups excluding carboxylic acids is 1. The number of amides is 1. The zero-order valence-electron chi connectivity index (χ0n) is 21.8. The number of aliphatic hydroxyl groups excluding tert-OH is 3. The van der Waals surface area contributed by atoms with Crippen molar-refractivity contribution in [1.82, 2.24) is 15.0 Å². The number of rotatable bonds is 7. The predicted octanol–water partition coefficient (Wildman–Crippen LogP) is 2.65. The molecule has 0 saturated carbocycles. The lowest BCUT2D eigenvalue weighted by Crippen LogP contribution is -2.63. The summed E-state index contributed by atoms with van der Waals surface area (Å²) in [5.41, 5.74) is 0.285. The average molecular weight is 650 g/mol. The van der Waals surface area contributed by atoms with E-state index in [4.69, 9.17) is 49.0 Å². The Morgan fingerprint density at radius 1 is 1.12 bits per heavy atom. The molecule has 2 aromatic carbocycles. The van der Waals surface area contributed by atoms with Gasteiger partial charge in [-0.1, -0.05) is 40.0 Å². The molecule has 2 aliphatic heterocycles. The minimum atomic E-state index is -1.47. The first kappa shape index (κ1) is 31.0. The van der Waals surface area contributed by atoms with Gasteiger partial charge < -0.3 is 34.4 Å². The second-order valence-corrected chi connectivity index (χ2v) is 11.1. The lowest BCUT2D eigenvalue weighted by Gasteiger charge is -2.45. The highest BCUT2D eigenvalue weighted by Crippen LogP contribution is 2.37. The number of hydrogen-bond donors (Lipinski definition) is 3. The normalized spacial score (nSPS) is 27.8. The maximum atomic E-state index is 14.3. The van der Waals surface area contributed by atoms with Gasteiger partial charge >= 0.3 is 0 Å². The molecule has 7 atom stereocenters. The highest BCUT2D eigenvalue weighted by Gasteiger charge is 2.52. The van der Waals surface area contributed by atoms with Crippen LogP contribution in [-0.4, -0.2) is 99.7 Å². The molecule has 1 aromatic heterocycles. The fourth-order valence-electron chi connectivity index (χ4n) is 5.19. The van der Waals surface area contributed by atoms with Crippen molar-refractivity contribution in [2.24, 2.45) is 0 Å². The van der Waals surface area contributed by atoms with Gasteiger partial charge in [-0.05, 0) is 30.3 Å². The van der Waals surface area contributed by atoms with Crippen molar-refractivity contribution in [2.45, 2.75) is 42.6 Å². The molecular formula is C26H25Cl3F2N4O7. The predicted molar refractivity (Wildman–Crippen MR) is 147 cm³/mol. The molecule has 2 fully saturated rings. The minimum Gasteiger partial charge on any atom is -0.394 e. The number of nitrogens with zero attached hydrogens (tertiary/aromatic N) is 4. The standard InChI is InChI=1S/C26H25Cl3F2N4O7/c1-40-24-22(34-7-17(32-33-34)11-2-15(30)21(29)16(31)3-11)23(38)20(8-36)42-25(24)26(39)35(18-9-41-10-19(18)37)14-5-12(27)4-13(28)6-14/h2-7,18-20,22-25,36-38H,8-10H2,1H3/t18-,19-,20-,22+,23+,24-,25-/m1/s1. The number of hydrogen-bond acceptors (Lipinski definition) is 9. The Hall–Kier alpha value is -2.46. The first-order valence-corrected chi connectivity index (χ1v) is 13.8. The molecule has 0 bridgehead atoms. The van der Waals surface area contributed by atoms with Gasteiger partial charge in [0.15, 0.2) is 6.10 Å². The molecule has 0 radical (unpaired) electrons. The van der Waals surface area contributed by atoms with Gasteiger partial charge in [0.25, 0.3) is 5.91 Å². The van der Waals surface area contributed by atoms with E-state index in [0.717, 1.165) is 16.8 Å². The monoisotopic (exact) mass is 648 g/mol. The van der Waals surface area contributed by atoms with E-state index in [9.17, 15) is 28.9 Å². The van der Waals surface area contributed by atoms with Crippen LogP contribution in [0.25, 0.3) is 11.3 Å². The largest absolute Gasteiger partial charge is 0.394 e. The summed E-state index contributed by atoms with van der Waals surface area (Å²) < 4.78 is 46.3. The summed E-state index contributed by atoms with van der Waals surface area (Å²) in [5, 5.41) is 39.6. The number of ether oxygens (including phenoxy) is 3. The number of benzene rings is 2. The highest BCUT2D eigenvalue weighted by atomic mass is 35.5. The first-order valence-electron chi connectivity index (χ1n) is 12.6. The quantitative estimate of drug-likeness (QED) is 0.330. The summed E-state index contributed by atoms with van der Waals surface area (Å²) in [5.74, 6) is -2.73. The Bertz CT molecular complexity index is 1420. The zero-order valence-corrected chi connectivity index (χ0v) is 24.0. The van der Waals surface area contributed by atoms with Gasteiger partial charge in [0, 0.05) is 28.4 Å². The number of halogens is 5. The van der Waals surface area contributed by atoms with Crippen LogP contribution in [0.1, 0.15) is 6.04 Å². The van der Waals surface area contributed by atoms with Crippen LogP contribution in [0.5, 0.6) is 0 Å². The van der Waals surface area contributed by atoms with E-state index < -0.39 is 71.8 Å². The lowest BCUT2D eigenvalue weighted by atomic mass is 9.91. The molecule has 42 heavy (non-hydrogen) atoms. The Balaban J connectivity index is 1.54. The van der Waals surface area contributed by atoms with Gasteiger partial charge in [-0.15, -0.1) is 5.10 Å². The van der Waals surface area contributed by atoms with Crippen molar-refractivity contribution in [3.8, 4) is 11.3 Å². The van der Waals surface area contributed by atoms with Gasteiger partial charge in [-0.3, -0.25) is 4.79 Å². The number of anilines is 1. The molecule has 2 aliphatic rings. The van der Waals surface area contributed by atoms with Crippen molar-refractivity contribution < 1.29 is 43.1 Å². The second-order valence-electron chi connectivity index (χ2n) is 9.80. The molecule has 3 heterocycles. The maximum absolute atomic E-state index is 14.3. The van der Waals surface area contributed by atoms with Crippen LogP contribution in [-0.2, 0) is 19.0 Å². The van der Waals surface area contributed by atoms with Gasteiger partial charge in [0.2, 0.25) is 0 Å². The van der Waals surface area contributed by atoms with Gasteiger partial charge in [-0.25, -0.2) is 13.5 Å². The molecule has 1 amide bonds.